The quantitative estimate of drug-likeness (QED) is 0.134. The SMILES string of the molecule is Brc1ccc(-c2cccc(-c3cccc4ccccc34)c2)cc1.Nc1ccc(-c2cccc(-n3c4ccccc4c4ccccc43)c2)cc1.c1cc(-c2ccc(Nc3ccc(-c4cccc(-n5c6ccccc6c6ccccc65)c4)cc3)cc2)cc(-c2cccc3ccccc23)c1. The number of aromatic nitrogens is 2. The first kappa shape index (κ1) is 59.7. The third-order valence-electron chi connectivity index (χ3n) is 18.4. The Balaban J connectivity index is 0.000000126. The summed E-state index contributed by atoms with van der Waals surface area (Å²) < 4.78 is 5.81. The van der Waals surface area contributed by atoms with Crippen LogP contribution in [0.5, 0.6) is 0 Å². The molecule has 0 atom stereocenters. The second-order valence-electron chi connectivity index (χ2n) is 24.5. The van der Waals surface area contributed by atoms with Crippen LogP contribution in [0.4, 0.5) is 17.1 Å². The van der Waals surface area contributed by atoms with Gasteiger partial charge in [0.05, 0.1) is 22.1 Å². The molecule has 0 bridgehead atoms. The van der Waals surface area contributed by atoms with Gasteiger partial charge in [0.1, 0.15) is 0 Å². The van der Waals surface area contributed by atoms with E-state index >= 15 is 0 Å². The molecular weight excluding hydrogens is 1240 g/mol. The van der Waals surface area contributed by atoms with Gasteiger partial charge in [0.2, 0.25) is 0 Å². The first-order chi connectivity index (χ1) is 47.9. The van der Waals surface area contributed by atoms with Crippen molar-refractivity contribution in [2.45, 2.75) is 0 Å². The van der Waals surface area contributed by atoms with Gasteiger partial charge in [0.25, 0.3) is 0 Å². The second kappa shape index (κ2) is 26.6. The molecule has 2 heterocycles. The van der Waals surface area contributed by atoms with E-state index in [2.05, 4.69) is 394 Å². The molecule has 460 valence electrons. The summed E-state index contributed by atoms with van der Waals surface area (Å²) in [5.41, 5.74) is 30.6. The van der Waals surface area contributed by atoms with Gasteiger partial charge in [-0.25, -0.2) is 0 Å². The van der Waals surface area contributed by atoms with Gasteiger partial charge in [0.15, 0.2) is 0 Å². The van der Waals surface area contributed by atoms with Crippen LogP contribution >= 0.6 is 15.9 Å². The number of hydrogen-bond acceptors (Lipinski definition) is 2. The predicted octanol–water partition coefficient (Wildman–Crippen LogP) is 25.7. The summed E-state index contributed by atoms with van der Waals surface area (Å²) in [6, 6.07) is 134. The lowest BCUT2D eigenvalue weighted by atomic mass is 9.95. The van der Waals surface area contributed by atoms with E-state index < -0.39 is 0 Å². The van der Waals surface area contributed by atoms with Crippen molar-refractivity contribution in [3.8, 4) is 78.1 Å². The third kappa shape index (κ3) is 12.2. The molecule has 0 aliphatic carbocycles. The lowest BCUT2D eigenvalue weighted by molar-refractivity contribution is 1.18. The summed E-state index contributed by atoms with van der Waals surface area (Å²) in [5, 5.41) is 13.8. The first-order valence-corrected chi connectivity index (χ1v) is 33.6. The largest absolute Gasteiger partial charge is 0.399 e. The number of anilines is 3. The second-order valence-corrected chi connectivity index (χ2v) is 25.4. The highest BCUT2D eigenvalue weighted by atomic mass is 79.9. The van der Waals surface area contributed by atoms with Crippen molar-refractivity contribution in [1.29, 1.82) is 0 Å². The number of halogens is 1. The van der Waals surface area contributed by atoms with Gasteiger partial charge < -0.3 is 20.2 Å². The van der Waals surface area contributed by atoms with Crippen LogP contribution in [0.15, 0.2) is 381 Å². The normalized spacial score (nSPS) is 11.2. The minimum Gasteiger partial charge on any atom is -0.399 e. The summed E-state index contributed by atoms with van der Waals surface area (Å²) in [7, 11) is 0. The van der Waals surface area contributed by atoms with Crippen molar-refractivity contribution >= 4 is 98.1 Å². The van der Waals surface area contributed by atoms with Gasteiger partial charge >= 0.3 is 0 Å². The minimum atomic E-state index is 0.785. The lowest BCUT2D eigenvalue weighted by Gasteiger charge is -2.12. The fourth-order valence-corrected chi connectivity index (χ4v) is 14.0. The number of benzene rings is 16. The van der Waals surface area contributed by atoms with E-state index in [1.165, 1.54) is 132 Å². The van der Waals surface area contributed by atoms with Crippen LogP contribution in [0, 0.1) is 0 Å². The molecule has 18 aromatic rings. The Morgan fingerprint density at radius 3 is 0.907 bits per heavy atom. The van der Waals surface area contributed by atoms with Crippen LogP contribution in [0.1, 0.15) is 0 Å². The van der Waals surface area contributed by atoms with Gasteiger partial charge in [-0.1, -0.05) is 283 Å². The molecule has 5 heteroatoms. The van der Waals surface area contributed by atoms with Crippen LogP contribution in [0.3, 0.4) is 0 Å². The highest BCUT2D eigenvalue weighted by Crippen LogP contribution is 2.38. The zero-order chi connectivity index (χ0) is 65.0. The fourth-order valence-electron chi connectivity index (χ4n) is 13.7. The number of fused-ring (bicyclic) bond motifs is 8. The Bertz CT molecular complexity index is 5750. The Labute approximate surface area is 573 Å². The molecule has 16 aromatic carbocycles. The highest BCUT2D eigenvalue weighted by molar-refractivity contribution is 9.10. The molecule has 0 spiro atoms. The van der Waals surface area contributed by atoms with E-state index in [-0.39, 0.29) is 0 Å². The molecule has 97 heavy (non-hydrogen) atoms. The van der Waals surface area contributed by atoms with Gasteiger partial charge in [-0.2, -0.15) is 0 Å². The Hall–Kier alpha value is -12.3. The van der Waals surface area contributed by atoms with Crippen LogP contribution < -0.4 is 11.1 Å². The first-order valence-electron chi connectivity index (χ1n) is 32.8. The van der Waals surface area contributed by atoms with Crippen molar-refractivity contribution in [2.24, 2.45) is 0 Å². The molecule has 0 amide bonds. The summed E-state index contributed by atoms with van der Waals surface area (Å²) in [6.07, 6.45) is 0. The molecule has 0 unspecified atom stereocenters. The highest BCUT2D eigenvalue weighted by Gasteiger charge is 2.15. The number of hydrogen-bond donors (Lipinski definition) is 2. The lowest BCUT2D eigenvalue weighted by Crippen LogP contribution is -1.94. The van der Waals surface area contributed by atoms with Gasteiger partial charge in [0, 0.05) is 54.5 Å². The standard InChI is InChI=1S/C46H32N2.C24H18N2.C22H15Br/c1-2-16-41-34(10-1)11-9-19-42(41)37-14-7-12-35(30-37)32-22-26-38(27-23-32)47-39-28-24-33(25-29-39)36-13-8-15-40(31-36)48-45-20-5-3-17-43(45)44-18-4-6-21-46(44)48;25-19-14-12-17(13-15-19)18-6-5-7-20(16-18)26-23-10-3-1-8-21(23)22-9-2-4-11-24(22)26;23-20-13-11-16(12-14-20)18-7-3-8-19(15-18)22-10-4-6-17-5-1-2-9-21(17)22/h1-31,47H;1-16H,25H2;1-15H. The molecule has 4 nitrogen and oxygen atoms in total. The maximum atomic E-state index is 5.83. The van der Waals surface area contributed by atoms with E-state index in [0.717, 1.165) is 32.9 Å². The summed E-state index contributed by atoms with van der Waals surface area (Å²) in [4.78, 5) is 0. The molecule has 2 aromatic heterocycles. The zero-order valence-corrected chi connectivity index (χ0v) is 54.7. The van der Waals surface area contributed by atoms with E-state index in [9.17, 15) is 0 Å². The average molecular weight is 1310 g/mol. The van der Waals surface area contributed by atoms with Crippen molar-refractivity contribution in [3.05, 3.63) is 381 Å². The van der Waals surface area contributed by atoms with Crippen molar-refractivity contribution in [3.63, 3.8) is 0 Å². The number of nitrogens with two attached hydrogens (primary N) is 1. The monoisotopic (exact) mass is 1300 g/mol. The van der Waals surface area contributed by atoms with Crippen LogP contribution in [0.25, 0.3) is 143 Å². The number of nitrogens with zero attached hydrogens (tertiary/aromatic N) is 2. The van der Waals surface area contributed by atoms with E-state index in [1.54, 1.807) is 0 Å². The molecule has 0 saturated carbocycles. The summed E-state index contributed by atoms with van der Waals surface area (Å²) in [5.74, 6) is 0. The fraction of sp³-hybridized carbons (Fsp3) is 0. The number of rotatable bonds is 10. The molecule has 0 fully saturated rings. The van der Waals surface area contributed by atoms with Crippen LogP contribution in [0.2, 0.25) is 0 Å². The number of nitrogens with one attached hydrogen (secondary N) is 1. The Morgan fingerprint density at radius 2 is 0.515 bits per heavy atom. The Morgan fingerprint density at radius 1 is 0.227 bits per heavy atom. The molecule has 0 aliphatic heterocycles. The molecule has 0 radical (unpaired) electrons. The van der Waals surface area contributed by atoms with Crippen molar-refractivity contribution in [2.75, 3.05) is 11.1 Å². The number of nitrogen functional groups attached to an aromatic ring is 1. The van der Waals surface area contributed by atoms with E-state index in [1.807, 2.05) is 12.1 Å². The molecule has 0 aliphatic rings. The third-order valence-corrected chi connectivity index (χ3v) is 19.0. The summed E-state index contributed by atoms with van der Waals surface area (Å²) in [6.45, 7) is 0. The minimum absolute atomic E-state index is 0.785. The van der Waals surface area contributed by atoms with Crippen LogP contribution in [-0.2, 0) is 0 Å². The van der Waals surface area contributed by atoms with E-state index in [0.29, 0.717) is 0 Å². The van der Waals surface area contributed by atoms with Crippen molar-refractivity contribution in [1.82, 2.24) is 9.13 Å². The Kier molecular flexibility index (Phi) is 16.4. The van der Waals surface area contributed by atoms with Crippen LogP contribution in [-0.4, -0.2) is 9.13 Å². The molecule has 0 saturated heterocycles. The smallest absolute Gasteiger partial charge is 0.0541 e. The van der Waals surface area contributed by atoms with Gasteiger partial charge in [-0.3, -0.25) is 0 Å². The van der Waals surface area contributed by atoms with Crippen molar-refractivity contribution < 1.29 is 0 Å². The topological polar surface area (TPSA) is 47.9 Å². The molecular formula is C92H65BrN4. The number of para-hydroxylation sites is 4. The van der Waals surface area contributed by atoms with E-state index in [4.69, 9.17) is 5.73 Å². The average Bonchev–Trinajstić information content (AvgIpc) is 1.64. The zero-order valence-electron chi connectivity index (χ0n) is 53.1. The maximum Gasteiger partial charge on any atom is 0.0541 e. The molecule has 3 N–H and O–H groups in total. The predicted molar refractivity (Wildman–Crippen MR) is 417 cm³/mol. The molecule has 18 rings (SSSR count). The van der Waals surface area contributed by atoms with Gasteiger partial charge in [-0.05, 0) is 198 Å². The maximum absolute atomic E-state index is 5.83. The summed E-state index contributed by atoms with van der Waals surface area (Å²) >= 11 is 3.50. The van der Waals surface area contributed by atoms with Gasteiger partial charge in [-0.15, -0.1) is 0 Å².